The second kappa shape index (κ2) is 5.57. The standard InChI is InChI=1S/C16H17NOS/c18-16(12-6-2-1-3-7-12)17-10-13-11-19-15-9-5-4-8-14(13)15/h2,4-6,8-9,11-12H,1,3,7,10H2,(H,17,18). The Balaban J connectivity index is 1.67. The molecule has 3 rings (SSSR count). The van der Waals surface area contributed by atoms with Crippen LogP contribution in [0.4, 0.5) is 0 Å². The summed E-state index contributed by atoms with van der Waals surface area (Å²) in [7, 11) is 0. The van der Waals surface area contributed by atoms with E-state index in [2.05, 4.69) is 28.9 Å². The number of thiophene rings is 1. The maximum absolute atomic E-state index is 12.1. The average Bonchev–Trinajstić information content (AvgIpc) is 2.89. The fourth-order valence-electron chi connectivity index (χ4n) is 2.51. The van der Waals surface area contributed by atoms with Crippen molar-refractivity contribution >= 4 is 27.3 Å². The summed E-state index contributed by atoms with van der Waals surface area (Å²) in [6.45, 7) is 0.632. The monoisotopic (exact) mass is 271 g/mol. The van der Waals surface area contributed by atoms with Crippen LogP contribution in [0, 0.1) is 5.92 Å². The molecule has 1 atom stereocenters. The third-order valence-corrected chi connectivity index (χ3v) is 4.62. The molecule has 0 saturated carbocycles. The van der Waals surface area contributed by atoms with Crippen LogP contribution >= 0.6 is 11.3 Å². The van der Waals surface area contributed by atoms with Crippen LogP contribution in [-0.4, -0.2) is 5.91 Å². The van der Waals surface area contributed by atoms with E-state index < -0.39 is 0 Å². The number of benzene rings is 1. The summed E-state index contributed by atoms with van der Waals surface area (Å²) in [5.41, 5.74) is 1.22. The quantitative estimate of drug-likeness (QED) is 0.843. The van der Waals surface area contributed by atoms with Crippen molar-refractivity contribution in [1.29, 1.82) is 0 Å². The number of hydrogen-bond acceptors (Lipinski definition) is 2. The van der Waals surface area contributed by atoms with Gasteiger partial charge in [-0.3, -0.25) is 4.79 Å². The van der Waals surface area contributed by atoms with Gasteiger partial charge in [-0.05, 0) is 41.7 Å². The Morgan fingerprint density at radius 2 is 2.26 bits per heavy atom. The number of rotatable bonds is 3. The molecular formula is C16H17NOS. The maximum atomic E-state index is 12.1. The van der Waals surface area contributed by atoms with Gasteiger partial charge in [0.1, 0.15) is 0 Å². The van der Waals surface area contributed by atoms with Crippen molar-refractivity contribution < 1.29 is 4.79 Å². The van der Waals surface area contributed by atoms with Crippen molar-refractivity contribution in [2.45, 2.75) is 25.8 Å². The van der Waals surface area contributed by atoms with Crippen LogP contribution in [0.1, 0.15) is 24.8 Å². The van der Waals surface area contributed by atoms with Gasteiger partial charge >= 0.3 is 0 Å². The first-order valence-electron chi connectivity index (χ1n) is 6.74. The minimum absolute atomic E-state index is 0.0682. The molecular weight excluding hydrogens is 254 g/mol. The van der Waals surface area contributed by atoms with Crippen LogP contribution in [0.3, 0.4) is 0 Å². The third kappa shape index (κ3) is 2.71. The summed E-state index contributed by atoms with van der Waals surface area (Å²) in [5.74, 6) is 0.227. The first-order valence-corrected chi connectivity index (χ1v) is 7.62. The molecule has 1 heterocycles. The van der Waals surface area contributed by atoms with E-state index in [1.165, 1.54) is 15.6 Å². The molecule has 2 aromatic rings. The Morgan fingerprint density at radius 3 is 3.11 bits per heavy atom. The van der Waals surface area contributed by atoms with Crippen molar-refractivity contribution in [2.24, 2.45) is 5.92 Å². The fraction of sp³-hybridized carbons (Fsp3) is 0.312. The molecule has 1 aromatic carbocycles. The fourth-order valence-corrected chi connectivity index (χ4v) is 3.48. The Kier molecular flexibility index (Phi) is 3.65. The van der Waals surface area contributed by atoms with Gasteiger partial charge in [-0.2, -0.15) is 0 Å². The average molecular weight is 271 g/mol. The molecule has 1 N–H and O–H groups in total. The smallest absolute Gasteiger partial charge is 0.227 e. The molecule has 0 spiro atoms. The maximum Gasteiger partial charge on any atom is 0.227 e. The highest BCUT2D eigenvalue weighted by Crippen LogP contribution is 2.25. The van der Waals surface area contributed by atoms with Crippen molar-refractivity contribution in [3.05, 3.63) is 47.4 Å². The van der Waals surface area contributed by atoms with Crippen molar-refractivity contribution in [2.75, 3.05) is 0 Å². The van der Waals surface area contributed by atoms with Crippen molar-refractivity contribution in [3.8, 4) is 0 Å². The zero-order valence-corrected chi connectivity index (χ0v) is 11.6. The van der Waals surface area contributed by atoms with Gasteiger partial charge in [-0.15, -0.1) is 11.3 Å². The number of carbonyl (C=O) groups excluding carboxylic acids is 1. The number of nitrogens with one attached hydrogen (secondary N) is 1. The topological polar surface area (TPSA) is 29.1 Å². The van der Waals surface area contributed by atoms with E-state index >= 15 is 0 Å². The van der Waals surface area contributed by atoms with Crippen molar-refractivity contribution in [1.82, 2.24) is 5.32 Å². The number of carbonyl (C=O) groups is 1. The van der Waals surface area contributed by atoms with Gasteiger partial charge in [-0.25, -0.2) is 0 Å². The zero-order chi connectivity index (χ0) is 13.1. The normalized spacial score (nSPS) is 18.6. The van der Waals surface area contributed by atoms with E-state index in [9.17, 15) is 4.79 Å². The van der Waals surface area contributed by atoms with E-state index in [0.29, 0.717) is 6.54 Å². The first-order chi connectivity index (χ1) is 9.34. The lowest BCUT2D eigenvalue weighted by atomic mass is 9.95. The largest absolute Gasteiger partial charge is 0.351 e. The number of amides is 1. The van der Waals surface area contributed by atoms with E-state index in [4.69, 9.17) is 0 Å². The molecule has 0 saturated heterocycles. The molecule has 0 radical (unpaired) electrons. The Morgan fingerprint density at radius 1 is 1.37 bits per heavy atom. The van der Waals surface area contributed by atoms with Gasteiger partial charge < -0.3 is 5.32 Å². The molecule has 0 fully saturated rings. The van der Waals surface area contributed by atoms with E-state index in [1.54, 1.807) is 11.3 Å². The second-order valence-corrected chi connectivity index (χ2v) is 5.85. The predicted molar refractivity (Wildman–Crippen MR) is 80.2 cm³/mol. The molecule has 1 aliphatic carbocycles. The molecule has 1 amide bonds. The van der Waals surface area contributed by atoms with Gasteiger partial charge in [0.15, 0.2) is 0 Å². The van der Waals surface area contributed by atoms with E-state index in [1.807, 2.05) is 18.2 Å². The highest BCUT2D eigenvalue weighted by molar-refractivity contribution is 7.17. The predicted octanol–water partition coefficient (Wildman–Crippen LogP) is 3.87. The number of allylic oxidation sites excluding steroid dienone is 1. The molecule has 1 aromatic heterocycles. The number of fused-ring (bicyclic) bond motifs is 1. The molecule has 3 heteroatoms. The minimum atomic E-state index is 0.0682. The van der Waals surface area contributed by atoms with Crippen molar-refractivity contribution in [3.63, 3.8) is 0 Å². The molecule has 0 bridgehead atoms. The summed E-state index contributed by atoms with van der Waals surface area (Å²) < 4.78 is 1.28. The highest BCUT2D eigenvalue weighted by Gasteiger charge is 2.17. The molecule has 1 aliphatic rings. The van der Waals surface area contributed by atoms with Gasteiger partial charge in [0.05, 0.1) is 5.92 Å². The van der Waals surface area contributed by atoms with Crippen LogP contribution in [0.15, 0.2) is 41.8 Å². The van der Waals surface area contributed by atoms with Crippen LogP contribution in [0.5, 0.6) is 0 Å². The SMILES string of the molecule is O=C(NCc1csc2ccccc12)C1C=CCCC1. The summed E-state index contributed by atoms with van der Waals surface area (Å²) in [5, 5.41) is 6.46. The molecule has 98 valence electrons. The zero-order valence-electron chi connectivity index (χ0n) is 10.8. The van der Waals surface area contributed by atoms with Gasteiger partial charge in [0.25, 0.3) is 0 Å². The Labute approximate surface area is 117 Å². The third-order valence-electron chi connectivity index (χ3n) is 3.61. The Hall–Kier alpha value is -1.61. The van der Waals surface area contributed by atoms with E-state index in [-0.39, 0.29) is 11.8 Å². The van der Waals surface area contributed by atoms with Crippen LogP contribution < -0.4 is 5.32 Å². The summed E-state index contributed by atoms with van der Waals surface area (Å²) in [6.07, 6.45) is 7.37. The second-order valence-electron chi connectivity index (χ2n) is 4.94. The summed E-state index contributed by atoms with van der Waals surface area (Å²) in [6, 6.07) is 8.33. The highest BCUT2D eigenvalue weighted by atomic mass is 32.1. The van der Waals surface area contributed by atoms with Gasteiger partial charge in [-0.1, -0.05) is 30.4 Å². The molecule has 2 nitrogen and oxygen atoms in total. The lowest BCUT2D eigenvalue weighted by Gasteiger charge is -2.15. The van der Waals surface area contributed by atoms with Gasteiger partial charge in [0, 0.05) is 11.2 Å². The molecule has 0 aliphatic heterocycles. The lowest BCUT2D eigenvalue weighted by molar-refractivity contribution is -0.124. The molecule has 1 unspecified atom stereocenters. The van der Waals surface area contributed by atoms with Gasteiger partial charge in [0.2, 0.25) is 5.91 Å². The minimum Gasteiger partial charge on any atom is -0.351 e. The first kappa shape index (κ1) is 12.4. The van der Waals surface area contributed by atoms with E-state index in [0.717, 1.165) is 19.3 Å². The summed E-state index contributed by atoms with van der Waals surface area (Å²) in [4.78, 5) is 12.1. The van der Waals surface area contributed by atoms with Crippen LogP contribution in [0.2, 0.25) is 0 Å². The lowest BCUT2D eigenvalue weighted by Crippen LogP contribution is -2.29. The molecule has 19 heavy (non-hydrogen) atoms. The number of hydrogen-bond donors (Lipinski definition) is 1. The van der Waals surface area contributed by atoms with Crippen LogP contribution in [-0.2, 0) is 11.3 Å². The summed E-state index contributed by atoms with van der Waals surface area (Å²) >= 11 is 1.74. The van der Waals surface area contributed by atoms with Crippen LogP contribution in [0.25, 0.3) is 10.1 Å². The Bertz CT molecular complexity index is 614.